The molecule has 0 amide bonds. The summed E-state index contributed by atoms with van der Waals surface area (Å²) >= 11 is 0. The molecule has 0 aromatic heterocycles. The van der Waals surface area contributed by atoms with Crippen molar-refractivity contribution in [3.05, 3.63) is 53.3 Å². The number of allylic oxidation sites excluding steroid dienone is 4. The highest BCUT2D eigenvalue weighted by Crippen LogP contribution is 2.25. The maximum Gasteiger partial charge on any atom is 0.0405 e. The summed E-state index contributed by atoms with van der Waals surface area (Å²) in [7, 11) is 2.11. The average molecular weight is 287 g/mol. The molecule has 0 saturated carbocycles. The van der Waals surface area contributed by atoms with Crippen LogP contribution >= 0.6 is 0 Å². The van der Waals surface area contributed by atoms with Gasteiger partial charge in [0.05, 0.1) is 0 Å². The molecule has 0 bridgehead atoms. The predicted octanol–water partition coefficient (Wildman–Crippen LogP) is 6.35. The van der Waals surface area contributed by atoms with Gasteiger partial charge in [-0.3, -0.25) is 0 Å². The molecule has 0 aliphatic carbocycles. The Morgan fingerprint density at radius 3 is 1.86 bits per heavy atom. The Morgan fingerprint density at radius 2 is 1.43 bits per heavy atom. The second-order valence-electron chi connectivity index (χ2n) is 6.30. The molecular formula is C20H33N. The van der Waals surface area contributed by atoms with Gasteiger partial charge in [-0.2, -0.15) is 0 Å². The van der Waals surface area contributed by atoms with E-state index in [1.807, 2.05) is 13.8 Å². The number of nitrogens with zero attached hydrogens (tertiary/aromatic N) is 1. The summed E-state index contributed by atoms with van der Waals surface area (Å²) in [5.41, 5.74) is 5.39. The van der Waals surface area contributed by atoms with E-state index in [1.165, 1.54) is 22.5 Å². The second kappa shape index (κ2) is 8.71. The summed E-state index contributed by atoms with van der Waals surface area (Å²) in [6.45, 7) is 17.2. The van der Waals surface area contributed by atoms with Crippen LogP contribution in [0.4, 0.5) is 5.69 Å². The molecule has 1 rings (SSSR count). The first kappa shape index (κ1) is 19.5. The highest BCUT2D eigenvalue weighted by Gasteiger charge is 2.11. The van der Waals surface area contributed by atoms with E-state index < -0.39 is 0 Å². The number of rotatable bonds is 3. The minimum Gasteiger partial charge on any atom is -0.348 e. The molecule has 1 nitrogen and oxygen atoms in total. The Morgan fingerprint density at radius 1 is 0.952 bits per heavy atom. The average Bonchev–Trinajstić information content (AvgIpc) is 2.45. The van der Waals surface area contributed by atoms with E-state index in [2.05, 4.69) is 89.9 Å². The van der Waals surface area contributed by atoms with E-state index in [1.54, 1.807) is 0 Å². The molecule has 0 heterocycles. The monoisotopic (exact) mass is 287 g/mol. The van der Waals surface area contributed by atoms with Gasteiger partial charge in [-0.1, -0.05) is 64.0 Å². The lowest BCUT2D eigenvalue weighted by Crippen LogP contribution is -2.14. The zero-order valence-electron chi connectivity index (χ0n) is 15.4. The highest BCUT2D eigenvalue weighted by molar-refractivity contribution is 5.52. The second-order valence-corrected chi connectivity index (χ2v) is 6.30. The first-order valence-electron chi connectivity index (χ1n) is 7.88. The summed E-state index contributed by atoms with van der Waals surface area (Å²) in [6, 6.07) is 8.62. The van der Waals surface area contributed by atoms with E-state index in [4.69, 9.17) is 0 Å². The molecule has 0 fully saturated rings. The first-order chi connectivity index (χ1) is 9.71. The quantitative estimate of drug-likeness (QED) is 0.585. The number of hydrogen-bond acceptors (Lipinski definition) is 1. The minimum atomic E-state index is 0.235. The summed E-state index contributed by atoms with van der Waals surface area (Å²) in [5.74, 6) is 0. The fraction of sp³-hybridized carbons (Fsp3) is 0.500. The topological polar surface area (TPSA) is 3.24 Å². The van der Waals surface area contributed by atoms with E-state index >= 15 is 0 Å². The van der Waals surface area contributed by atoms with Crippen LogP contribution in [0.2, 0.25) is 0 Å². The number of benzene rings is 1. The molecule has 0 atom stereocenters. The van der Waals surface area contributed by atoms with Crippen molar-refractivity contribution in [2.75, 3.05) is 11.9 Å². The lowest BCUT2D eigenvalue weighted by Gasteiger charge is -2.21. The maximum atomic E-state index is 2.24. The molecule has 0 saturated heterocycles. The van der Waals surface area contributed by atoms with Gasteiger partial charge in [0.25, 0.3) is 0 Å². The Balaban J connectivity index is 0.00000191. The molecule has 118 valence electrons. The minimum absolute atomic E-state index is 0.235. The molecule has 0 spiro atoms. The molecule has 1 heteroatoms. The fourth-order valence-electron chi connectivity index (χ4n) is 1.58. The normalized spacial score (nSPS) is 12.6. The molecule has 21 heavy (non-hydrogen) atoms. The molecule has 0 N–H and O–H groups in total. The van der Waals surface area contributed by atoms with Crippen LogP contribution in [0.1, 0.15) is 54.0 Å². The number of anilines is 1. The van der Waals surface area contributed by atoms with E-state index in [-0.39, 0.29) is 5.41 Å². The van der Waals surface area contributed by atoms with Crippen LogP contribution in [0.15, 0.2) is 47.7 Å². The summed E-state index contributed by atoms with van der Waals surface area (Å²) in [6.07, 6.45) is 4.42. The van der Waals surface area contributed by atoms with Gasteiger partial charge in [0.15, 0.2) is 0 Å². The van der Waals surface area contributed by atoms with Crippen molar-refractivity contribution in [1.82, 2.24) is 0 Å². The van der Waals surface area contributed by atoms with Crippen molar-refractivity contribution in [2.24, 2.45) is 5.41 Å². The lowest BCUT2D eigenvalue weighted by atomic mass is 9.87. The Kier molecular flexibility index (Phi) is 8.09. The maximum absolute atomic E-state index is 2.24. The molecule has 0 aliphatic rings. The van der Waals surface area contributed by atoms with Crippen LogP contribution in [0.25, 0.3) is 0 Å². The summed E-state index contributed by atoms with van der Waals surface area (Å²) < 4.78 is 0. The van der Waals surface area contributed by atoms with Crippen molar-refractivity contribution < 1.29 is 0 Å². The molecular weight excluding hydrogens is 254 g/mol. The summed E-state index contributed by atoms with van der Waals surface area (Å²) in [5, 5.41) is 0. The third-order valence-corrected chi connectivity index (χ3v) is 3.71. The fourth-order valence-corrected chi connectivity index (χ4v) is 1.58. The first-order valence-corrected chi connectivity index (χ1v) is 7.88. The zero-order chi connectivity index (χ0) is 16.6. The van der Waals surface area contributed by atoms with Crippen LogP contribution in [0.3, 0.4) is 0 Å². The zero-order valence-corrected chi connectivity index (χ0v) is 15.4. The number of aryl methyl sites for hydroxylation is 1. The van der Waals surface area contributed by atoms with Crippen molar-refractivity contribution in [3.8, 4) is 0 Å². The molecule has 0 aliphatic heterocycles. The van der Waals surface area contributed by atoms with Gasteiger partial charge >= 0.3 is 0 Å². The van der Waals surface area contributed by atoms with E-state index in [0.29, 0.717) is 0 Å². The van der Waals surface area contributed by atoms with Crippen molar-refractivity contribution in [1.29, 1.82) is 0 Å². The van der Waals surface area contributed by atoms with Crippen molar-refractivity contribution in [2.45, 2.75) is 55.4 Å². The molecule has 1 aromatic rings. The molecule has 1 aromatic carbocycles. The van der Waals surface area contributed by atoms with Crippen molar-refractivity contribution >= 4 is 5.69 Å². The van der Waals surface area contributed by atoms with Crippen LogP contribution in [-0.2, 0) is 0 Å². The van der Waals surface area contributed by atoms with E-state index in [0.717, 1.165) is 0 Å². The largest absolute Gasteiger partial charge is 0.348 e. The van der Waals surface area contributed by atoms with Crippen LogP contribution in [0, 0.1) is 12.3 Å². The highest BCUT2D eigenvalue weighted by atomic mass is 15.1. The smallest absolute Gasteiger partial charge is 0.0405 e. The van der Waals surface area contributed by atoms with Gasteiger partial charge in [0.1, 0.15) is 0 Å². The van der Waals surface area contributed by atoms with Crippen LogP contribution in [-0.4, -0.2) is 7.05 Å². The third kappa shape index (κ3) is 6.66. The van der Waals surface area contributed by atoms with Gasteiger partial charge < -0.3 is 4.90 Å². The standard InChI is InChI=1S/C18H27N.C2H6/c1-14-8-12-17(13-9-14)19(7)16(3)11-10-15(2)18(4,5)6;1-2/h8-13H,1-7H3;1-2H3/b15-10+,16-11+;. The van der Waals surface area contributed by atoms with Gasteiger partial charge in [-0.25, -0.2) is 0 Å². The summed E-state index contributed by atoms with van der Waals surface area (Å²) in [4.78, 5) is 2.21. The van der Waals surface area contributed by atoms with Crippen molar-refractivity contribution in [3.63, 3.8) is 0 Å². The molecule has 0 radical (unpaired) electrons. The number of hydrogen-bond donors (Lipinski definition) is 0. The lowest BCUT2D eigenvalue weighted by molar-refractivity contribution is 0.504. The van der Waals surface area contributed by atoms with Gasteiger partial charge in [0, 0.05) is 18.4 Å². The van der Waals surface area contributed by atoms with Gasteiger partial charge in [0.2, 0.25) is 0 Å². The Hall–Kier alpha value is -1.50. The third-order valence-electron chi connectivity index (χ3n) is 3.71. The Bertz CT molecular complexity index is 470. The SMILES string of the molecule is C/C(=C\C=C(/C)C(C)(C)C)N(C)c1ccc(C)cc1.CC. The molecule has 0 unspecified atom stereocenters. The van der Waals surface area contributed by atoms with E-state index in [9.17, 15) is 0 Å². The predicted molar refractivity (Wildman–Crippen MR) is 97.9 cm³/mol. The van der Waals surface area contributed by atoms with Gasteiger partial charge in [-0.15, -0.1) is 0 Å². The Labute approximate surface area is 132 Å². The van der Waals surface area contributed by atoms with Crippen LogP contribution < -0.4 is 4.90 Å². The van der Waals surface area contributed by atoms with Crippen LogP contribution in [0.5, 0.6) is 0 Å². The van der Waals surface area contributed by atoms with Gasteiger partial charge in [-0.05, 0) is 44.4 Å².